The average Bonchev–Trinajstić information content (AvgIpc) is 3.41. The lowest BCUT2D eigenvalue weighted by atomic mass is 9.95. The van der Waals surface area contributed by atoms with E-state index in [2.05, 4.69) is 9.97 Å². The third-order valence-corrected chi connectivity index (χ3v) is 7.09. The Kier molecular flexibility index (Phi) is 5.89. The predicted molar refractivity (Wildman–Crippen MR) is 127 cm³/mol. The first-order valence-electron chi connectivity index (χ1n) is 12.0. The highest BCUT2D eigenvalue weighted by molar-refractivity contribution is 5.83. The number of aliphatic hydroxyl groups excluding tert-OH is 1. The first-order valence-corrected chi connectivity index (χ1v) is 12.0. The van der Waals surface area contributed by atoms with Gasteiger partial charge in [-0.25, -0.2) is 9.37 Å². The van der Waals surface area contributed by atoms with E-state index in [4.69, 9.17) is 9.47 Å². The Balaban J connectivity index is 1.41. The van der Waals surface area contributed by atoms with E-state index in [-0.39, 0.29) is 12.2 Å². The third kappa shape index (κ3) is 4.02. The molecule has 0 spiro atoms. The van der Waals surface area contributed by atoms with Gasteiger partial charge < -0.3 is 19.1 Å². The van der Waals surface area contributed by atoms with Crippen molar-refractivity contribution in [3.8, 4) is 16.9 Å². The number of hydrogen-bond acceptors (Lipinski definition) is 5. The number of pyridine rings is 1. The largest absolute Gasteiger partial charge is 0.434 e. The maximum atomic E-state index is 15.2. The van der Waals surface area contributed by atoms with Gasteiger partial charge in [0.1, 0.15) is 23.5 Å². The number of hydrogen-bond donors (Lipinski definition) is 1. The van der Waals surface area contributed by atoms with Crippen molar-refractivity contribution < 1.29 is 27.8 Å². The van der Waals surface area contributed by atoms with Gasteiger partial charge in [-0.05, 0) is 31.0 Å². The number of aliphatic hydroxyl groups is 1. The molecule has 2 aromatic carbocycles. The van der Waals surface area contributed by atoms with E-state index in [1.54, 1.807) is 35.0 Å². The van der Waals surface area contributed by atoms with Gasteiger partial charge in [-0.1, -0.05) is 24.3 Å². The molecule has 4 aromatic rings. The molecule has 0 radical (unpaired) electrons. The van der Waals surface area contributed by atoms with Crippen LogP contribution in [0.25, 0.3) is 22.2 Å². The fourth-order valence-corrected chi connectivity index (χ4v) is 5.37. The lowest BCUT2D eigenvalue weighted by molar-refractivity contribution is -0.0507. The Labute approximate surface area is 205 Å². The molecule has 2 aliphatic heterocycles. The van der Waals surface area contributed by atoms with Gasteiger partial charge in [-0.2, -0.15) is 8.78 Å². The zero-order valence-electron chi connectivity index (χ0n) is 19.3. The zero-order valence-corrected chi connectivity index (χ0v) is 19.3. The summed E-state index contributed by atoms with van der Waals surface area (Å²) < 4.78 is 53.2. The fourth-order valence-electron chi connectivity index (χ4n) is 5.37. The minimum Gasteiger partial charge on any atom is -0.434 e. The van der Waals surface area contributed by atoms with E-state index >= 15 is 4.39 Å². The predicted octanol–water partition coefficient (Wildman–Crippen LogP) is 5.76. The Morgan fingerprint density at radius 3 is 2.64 bits per heavy atom. The summed E-state index contributed by atoms with van der Waals surface area (Å²) in [5, 5.41) is 10.7. The SMILES string of the molecule is O[C@@H]1C[C@H](c2ccccc2OC(F)F)n2c1nc1cc(F)c(-c3ccc(C4CCOCC4)nc3)cc12. The smallest absolute Gasteiger partial charge is 0.387 e. The van der Waals surface area contributed by atoms with Gasteiger partial charge in [0.25, 0.3) is 0 Å². The number of para-hydroxylation sites is 1. The van der Waals surface area contributed by atoms with Crippen LogP contribution >= 0.6 is 0 Å². The van der Waals surface area contributed by atoms with Crippen molar-refractivity contribution in [3.63, 3.8) is 0 Å². The third-order valence-electron chi connectivity index (χ3n) is 7.09. The van der Waals surface area contributed by atoms with Crippen LogP contribution in [0.15, 0.2) is 54.7 Å². The average molecular weight is 496 g/mol. The summed E-state index contributed by atoms with van der Waals surface area (Å²) in [5.41, 5.74) is 3.43. The van der Waals surface area contributed by atoms with Crippen molar-refractivity contribution in [2.75, 3.05) is 13.2 Å². The summed E-state index contributed by atoms with van der Waals surface area (Å²) in [7, 11) is 0. The van der Waals surface area contributed by atoms with Crippen molar-refractivity contribution >= 4 is 11.0 Å². The number of rotatable bonds is 5. The quantitative estimate of drug-likeness (QED) is 0.381. The van der Waals surface area contributed by atoms with Gasteiger partial charge in [0.2, 0.25) is 0 Å². The van der Waals surface area contributed by atoms with Crippen LogP contribution in [0.1, 0.15) is 54.4 Å². The van der Waals surface area contributed by atoms with Crippen LogP contribution in [0.4, 0.5) is 13.2 Å². The Hall–Kier alpha value is -3.43. The second-order valence-corrected chi connectivity index (χ2v) is 9.20. The molecule has 9 heteroatoms. The van der Waals surface area contributed by atoms with Crippen molar-refractivity contribution in [1.82, 2.24) is 14.5 Å². The van der Waals surface area contributed by atoms with Crippen LogP contribution < -0.4 is 4.74 Å². The van der Waals surface area contributed by atoms with E-state index < -0.39 is 24.6 Å². The summed E-state index contributed by atoms with van der Waals surface area (Å²) in [6.45, 7) is -1.55. The maximum absolute atomic E-state index is 15.2. The highest BCUT2D eigenvalue weighted by Gasteiger charge is 2.36. The topological polar surface area (TPSA) is 69.4 Å². The molecule has 0 saturated carbocycles. The van der Waals surface area contributed by atoms with Gasteiger partial charge in [-0.15, -0.1) is 0 Å². The Morgan fingerprint density at radius 2 is 1.89 bits per heavy atom. The molecule has 0 unspecified atom stereocenters. The molecule has 6 rings (SSSR count). The lowest BCUT2D eigenvalue weighted by Crippen LogP contribution is -2.14. The highest BCUT2D eigenvalue weighted by atomic mass is 19.3. The first-order chi connectivity index (χ1) is 17.5. The molecule has 0 bridgehead atoms. The van der Waals surface area contributed by atoms with Crippen LogP contribution in [0, 0.1) is 5.82 Å². The normalized spacial score (nSPS) is 20.2. The summed E-state index contributed by atoms with van der Waals surface area (Å²) in [6, 6.07) is 12.8. The maximum Gasteiger partial charge on any atom is 0.387 e. The molecule has 4 heterocycles. The van der Waals surface area contributed by atoms with Gasteiger partial charge in [0.05, 0.1) is 17.1 Å². The summed E-state index contributed by atoms with van der Waals surface area (Å²) >= 11 is 0. The fraction of sp³-hybridized carbons (Fsp3) is 0.333. The number of imidazole rings is 1. The van der Waals surface area contributed by atoms with Gasteiger partial charge in [-0.3, -0.25) is 4.98 Å². The molecule has 186 valence electrons. The van der Waals surface area contributed by atoms with E-state index in [0.717, 1.165) is 18.5 Å². The molecular formula is C27H24F3N3O3. The number of aromatic nitrogens is 3. The molecule has 2 aromatic heterocycles. The molecule has 1 saturated heterocycles. The van der Waals surface area contributed by atoms with Gasteiger partial charge in [0, 0.05) is 60.2 Å². The first kappa shape index (κ1) is 23.0. The molecule has 0 aliphatic carbocycles. The molecular weight excluding hydrogens is 471 g/mol. The Morgan fingerprint density at radius 1 is 1.08 bits per heavy atom. The second kappa shape index (κ2) is 9.22. The molecule has 6 nitrogen and oxygen atoms in total. The van der Waals surface area contributed by atoms with Crippen molar-refractivity contribution in [1.29, 1.82) is 0 Å². The van der Waals surface area contributed by atoms with Crippen molar-refractivity contribution in [2.24, 2.45) is 0 Å². The zero-order chi connectivity index (χ0) is 24.8. The highest BCUT2D eigenvalue weighted by Crippen LogP contribution is 2.44. The van der Waals surface area contributed by atoms with E-state index in [0.29, 0.717) is 52.7 Å². The molecule has 0 amide bonds. The van der Waals surface area contributed by atoms with Crippen molar-refractivity contribution in [3.05, 3.63) is 77.6 Å². The number of halogens is 3. The summed E-state index contributed by atoms with van der Waals surface area (Å²) in [4.78, 5) is 9.07. The number of ether oxygens (including phenoxy) is 2. The molecule has 2 aliphatic rings. The van der Waals surface area contributed by atoms with E-state index in [1.807, 2.05) is 12.1 Å². The van der Waals surface area contributed by atoms with Gasteiger partial charge >= 0.3 is 6.61 Å². The van der Waals surface area contributed by atoms with Crippen molar-refractivity contribution in [2.45, 2.75) is 43.9 Å². The number of fused-ring (bicyclic) bond motifs is 3. The second-order valence-electron chi connectivity index (χ2n) is 9.20. The van der Waals surface area contributed by atoms with E-state index in [1.165, 1.54) is 12.1 Å². The monoisotopic (exact) mass is 495 g/mol. The van der Waals surface area contributed by atoms with Crippen LogP contribution in [0.3, 0.4) is 0 Å². The summed E-state index contributed by atoms with van der Waals surface area (Å²) in [5.74, 6) is 0.282. The molecule has 36 heavy (non-hydrogen) atoms. The van der Waals surface area contributed by atoms with Crippen LogP contribution in [0.2, 0.25) is 0 Å². The molecule has 1 N–H and O–H groups in total. The number of alkyl halides is 2. The van der Waals surface area contributed by atoms with Crippen LogP contribution in [-0.2, 0) is 4.74 Å². The lowest BCUT2D eigenvalue weighted by Gasteiger charge is -2.21. The standard InChI is InChI=1S/C27H24F3N3O3/c28-19-12-21-23(11-18(19)16-5-6-20(31-14-16)15-7-9-35-10-8-15)33-22(13-24(34)26(33)32-21)17-3-1-2-4-25(17)36-27(29)30/h1-6,11-12,14-15,22,24,27,34H,7-10,13H2/t22-,24-/m1/s1. The van der Waals surface area contributed by atoms with Crippen LogP contribution in [0.5, 0.6) is 5.75 Å². The number of benzene rings is 2. The summed E-state index contributed by atoms with van der Waals surface area (Å²) in [6.07, 6.45) is 2.82. The molecule has 1 fully saturated rings. The minimum atomic E-state index is -2.98. The molecule has 2 atom stereocenters. The van der Waals surface area contributed by atoms with E-state index in [9.17, 15) is 13.9 Å². The van der Waals surface area contributed by atoms with Gasteiger partial charge in [0.15, 0.2) is 0 Å². The Bertz CT molecular complexity index is 1400. The minimum absolute atomic E-state index is 0.0367. The van der Waals surface area contributed by atoms with Crippen LogP contribution in [-0.4, -0.2) is 39.5 Å². The number of nitrogens with zero attached hydrogens (tertiary/aromatic N) is 3.